The molecular formula is C8H7ClN2O. The van der Waals surface area contributed by atoms with Crippen LogP contribution in [0.15, 0.2) is 29.1 Å². The third kappa shape index (κ3) is 0.940. The molecule has 0 fully saturated rings. The number of benzene rings is 1. The third-order valence-corrected chi connectivity index (χ3v) is 2.03. The predicted molar refractivity (Wildman–Crippen MR) is 48.4 cm³/mol. The molecule has 0 unspecified atom stereocenters. The predicted octanol–water partition coefficient (Wildman–Crippen LogP) is 1.53. The van der Waals surface area contributed by atoms with Gasteiger partial charge in [-0.3, -0.25) is 14.6 Å². The molecule has 0 saturated carbocycles. The molecule has 1 aromatic carbocycles. The van der Waals surface area contributed by atoms with Crippen LogP contribution in [0.3, 0.4) is 0 Å². The van der Waals surface area contributed by atoms with E-state index in [1.807, 2.05) is 18.2 Å². The van der Waals surface area contributed by atoms with Crippen LogP contribution < -0.4 is 5.56 Å². The topological polar surface area (TPSA) is 37.8 Å². The molecule has 62 valence electrons. The number of aromatic nitrogens is 2. The number of hydrogen-bond donors (Lipinski definition) is 1. The molecule has 0 aliphatic heterocycles. The lowest BCUT2D eigenvalue weighted by Crippen LogP contribution is -2.02. The SMILES string of the molecule is O=c1[nH]n(CCl)c2ccccc12. The molecule has 0 aliphatic rings. The highest BCUT2D eigenvalue weighted by Crippen LogP contribution is 2.08. The number of hydrogen-bond acceptors (Lipinski definition) is 1. The fourth-order valence-electron chi connectivity index (χ4n) is 1.24. The number of aromatic amines is 1. The maximum absolute atomic E-state index is 11.2. The minimum atomic E-state index is -0.0914. The van der Waals surface area contributed by atoms with Gasteiger partial charge < -0.3 is 0 Å². The van der Waals surface area contributed by atoms with Crippen LogP contribution in [0.25, 0.3) is 10.9 Å². The molecule has 12 heavy (non-hydrogen) atoms. The van der Waals surface area contributed by atoms with Crippen molar-refractivity contribution in [3.63, 3.8) is 0 Å². The Bertz CT molecular complexity index is 457. The number of halogens is 1. The zero-order valence-electron chi connectivity index (χ0n) is 6.25. The van der Waals surface area contributed by atoms with E-state index in [0.29, 0.717) is 5.39 Å². The van der Waals surface area contributed by atoms with E-state index in [9.17, 15) is 4.79 Å². The summed E-state index contributed by atoms with van der Waals surface area (Å²) in [6.07, 6.45) is 0. The second-order valence-electron chi connectivity index (χ2n) is 2.51. The summed E-state index contributed by atoms with van der Waals surface area (Å²) in [5.41, 5.74) is 0.753. The molecule has 2 rings (SSSR count). The van der Waals surface area contributed by atoms with E-state index in [2.05, 4.69) is 5.10 Å². The molecule has 2 aromatic rings. The van der Waals surface area contributed by atoms with Gasteiger partial charge >= 0.3 is 0 Å². The Hall–Kier alpha value is -1.22. The van der Waals surface area contributed by atoms with Crippen molar-refractivity contribution in [2.24, 2.45) is 0 Å². The van der Waals surface area contributed by atoms with E-state index in [1.165, 1.54) is 0 Å². The molecule has 0 bridgehead atoms. The maximum Gasteiger partial charge on any atom is 0.272 e. The van der Waals surface area contributed by atoms with E-state index in [4.69, 9.17) is 11.6 Å². The summed E-state index contributed by atoms with van der Waals surface area (Å²) in [5, 5.41) is 3.31. The third-order valence-electron chi connectivity index (χ3n) is 1.80. The lowest BCUT2D eigenvalue weighted by Gasteiger charge is -1.95. The molecule has 0 atom stereocenters. The maximum atomic E-state index is 11.2. The highest BCUT2D eigenvalue weighted by Gasteiger charge is 2.02. The highest BCUT2D eigenvalue weighted by molar-refractivity contribution is 6.15. The average Bonchev–Trinajstić information content (AvgIpc) is 2.44. The number of alkyl halides is 1. The van der Waals surface area contributed by atoms with E-state index in [0.717, 1.165) is 5.52 Å². The van der Waals surface area contributed by atoms with Crippen molar-refractivity contribution >= 4 is 22.5 Å². The summed E-state index contributed by atoms with van der Waals surface area (Å²) in [6.45, 7) is 0. The monoisotopic (exact) mass is 182 g/mol. The Kier molecular flexibility index (Phi) is 1.66. The summed E-state index contributed by atoms with van der Waals surface area (Å²) in [4.78, 5) is 11.2. The number of rotatable bonds is 1. The summed E-state index contributed by atoms with van der Waals surface area (Å²) in [6, 6.07) is 7.60. The van der Waals surface area contributed by atoms with Crippen molar-refractivity contribution in [1.29, 1.82) is 0 Å². The van der Waals surface area contributed by atoms with Crippen molar-refractivity contribution in [2.75, 3.05) is 0 Å². The Morgan fingerprint density at radius 2 is 2.17 bits per heavy atom. The number of nitrogens with zero attached hydrogens (tertiary/aromatic N) is 1. The molecule has 0 amide bonds. The van der Waals surface area contributed by atoms with Crippen molar-refractivity contribution < 1.29 is 0 Å². The first-order valence-corrected chi connectivity index (χ1v) is 4.10. The zero-order valence-corrected chi connectivity index (χ0v) is 7.01. The van der Waals surface area contributed by atoms with Crippen LogP contribution in [0.4, 0.5) is 0 Å². The first kappa shape index (κ1) is 7.43. The minimum Gasteiger partial charge on any atom is -0.270 e. The van der Waals surface area contributed by atoms with Crippen LogP contribution in [0.1, 0.15) is 0 Å². The lowest BCUT2D eigenvalue weighted by molar-refractivity contribution is 0.760. The molecule has 4 heteroatoms. The number of fused-ring (bicyclic) bond motifs is 1. The van der Waals surface area contributed by atoms with Gasteiger partial charge in [0.05, 0.1) is 10.9 Å². The lowest BCUT2D eigenvalue weighted by atomic mass is 10.2. The van der Waals surface area contributed by atoms with Gasteiger partial charge in [0.15, 0.2) is 0 Å². The van der Waals surface area contributed by atoms with Gasteiger partial charge in [0.2, 0.25) is 0 Å². The Morgan fingerprint density at radius 3 is 2.92 bits per heavy atom. The molecule has 0 spiro atoms. The fraction of sp³-hybridized carbons (Fsp3) is 0.125. The van der Waals surface area contributed by atoms with Crippen molar-refractivity contribution in [1.82, 2.24) is 9.78 Å². The smallest absolute Gasteiger partial charge is 0.270 e. The minimum absolute atomic E-state index is 0.0914. The van der Waals surface area contributed by atoms with E-state index in [1.54, 1.807) is 10.7 Å². The number of nitrogens with one attached hydrogen (secondary N) is 1. The van der Waals surface area contributed by atoms with Crippen LogP contribution in [-0.2, 0) is 6.00 Å². The van der Waals surface area contributed by atoms with Crippen molar-refractivity contribution in [2.45, 2.75) is 6.00 Å². The average molecular weight is 183 g/mol. The highest BCUT2D eigenvalue weighted by atomic mass is 35.5. The van der Waals surface area contributed by atoms with Crippen LogP contribution >= 0.6 is 11.6 Å². The van der Waals surface area contributed by atoms with Gasteiger partial charge in [-0.05, 0) is 12.1 Å². The van der Waals surface area contributed by atoms with Gasteiger partial charge in [0, 0.05) is 0 Å². The standard InChI is InChI=1S/C8H7ClN2O/c9-5-11-7-4-2-1-3-6(7)8(12)10-11/h1-4H,5H2,(H,10,12). The van der Waals surface area contributed by atoms with Crippen molar-refractivity contribution in [3.8, 4) is 0 Å². The quantitative estimate of drug-likeness (QED) is 0.668. The molecule has 3 nitrogen and oxygen atoms in total. The molecular weight excluding hydrogens is 176 g/mol. The number of para-hydroxylation sites is 1. The Morgan fingerprint density at radius 1 is 1.42 bits per heavy atom. The Labute approximate surface area is 73.6 Å². The van der Waals surface area contributed by atoms with Crippen LogP contribution in [-0.4, -0.2) is 9.78 Å². The van der Waals surface area contributed by atoms with E-state index in [-0.39, 0.29) is 11.6 Å². The van der Waals surface area contributed by atoms with Gasteiger partial charge in [-0.25, -0.2) is 0 Å². The van der Waals surface area contributed by atoms with Crippen LogP contribution in [0.2, 0.25) is 0 Å². The molecule has 1 aromatic heterocycles. The number of H-pyrrole nitrogens is 1. The first-order valence-electron chi connectivity index (χ1n) is 3.56. The molecule has 0 saturated heterocycles. The summed E-state index contributed by atoms with van der Waals surface area (Å²) in [7, 11) is 0. The van der Waals surface area contributed by atoms with Gasteiger partial charge in [0.1, 0.15) is 6.00 Å². The normalized spacial score (nSPS) is 10.8. The second kappa shape index (κ2) is 2.68. The summed E-state index contributed by atoms with van der Waals surface area (Å²) in [5.74, 6) is 0. The Balaban J connectivity index is 2.91. The van der Waals surface area contributed by atoms with Gasteiger partial charge in [0.25, 0.3) is 5.56 Å². The van der Waals surface area contributed by atoms with Gasteiger partial charge in [-0.2, -0.15) is 0 Å². The molecule has 1 heterocycles. The van der Waals surface area contributed by atoms with Crippen LogP contribution in [0.5, 0.6) is 0 Å². The zero-order chi connectivity index (χ0) is 8.55. The molecule has 0 aliphatic carbocycles. The largest absolute Gasteiger partial charge is 0.272 e. The van der Waals surface area contributed by atoms with E-state index >= 15 is 0 Å². The second-order valence-corrected chi connectivity index (χ2v) is 2.74. The molecule has 1 N–H and O–H groups in total. The van der Waals surface area contributed by atoms with Crippen LogP contribution in [0, 0.1) is 0 Å². The fourth-order valence-corrected chi connectivity index (χ4v) is 1.43. The van der Waals surface area contributed by atoms with Crippen molar-refractivity contribution in [3.05, 3.63) is 34.6 Å². The van der Waals surface area contributed by atoms with Gasteiger partial charge in [-0.15, -0.1) is 11.6 Å². The summed E-state index contributed by atoms with van der Waals surface area (Å²) >= 11 is 5.61. The van der Waals surface area contributed by atoms with E-state index < -0.39 is 0 Å². The first-order chi connectivity index (χ1) is 5.83. The van der Waals surface area contributed by atoms with Gasteiger partial charge in [-0.1, -0.05) is 12.1 Å². The molecule has 0 radical (unpaired) electrons. The summed E-state index contributed by atoms with van der Waals surface area (Å²) < 4.78 is 1.61.